The van der Waals surface area contributed by atoms with Gasteiger partial charge >= 0.3 is 0 Å². The Kier molecular flexibility index (Phi) is 5.27. The minimum atomic E-state index is 0. The van der Waals surface area contributed by atoms with E-state index in [0.29, 0.717) is 17.8 Å². The first-order valence-corrected chi connectivity index (χ1v) is 7.29. The molecule has 1 aliphatic rings. The Morgan fingerprint density at radius 2 is 2.38 bits per heavy atom. The van der Waals surface area contributed by atoms with Crippen molar-refractivity contribution in [2.75, 3.05) is 19.5 Å². The summed E-state index contributed by atoms with van der Waals surface area (Å²) in [6, 6.07) is 6.27. The first-order chi connectivity index (χ1) is 9.74. The van der Waals surface area contributed by atoms with Gasteiger partial charge in [-0.1, -0.05) is 6.07 Å². The smallest absolute Gasteiger partial charge is 0.180 e. The average molecular weight is 328 g/mol. The van der Waals surface area contributed by atoms with Gasteiger partial charge in [0.15, 0.2) is 5.13 Å². The predicted molar refractivity (Wildman–Crippen MR) is 86.6 cm³/mol. The van der Waals surface area contributed by atoms with Crippen LogP contribution in [0.2, 0.25) is 0 Å². The van der Waals surface area contributed by atoms with E-state index in [0.717, 1.165) is 29.3 Å². The van der Waals surface area contributed by atoms with E-state index in [1.54, 1.807) is 7.11 Å². The van der Waals surface area contributed by atoms with Crippen molar-refractivity contribution in [1.82, 2.24) is 10.3 Å². The maximum absolute atomic E-state index is 5.79. The van der Waals surface area contributed by atoms with Crippen LogP contribution in [0.5, 0.6) is 11.5 Å². The topological polar surface area (TPSA) is 69.4 Å². The van der Waals surface area contributed by atoms with Gasteiger partial charge in [-0.2, -0.15) is 0 Å². The Morgan fingerprint density at radius 1 is 1.52 bits per heavy atom. The number of hydrogen-bond donors (Lipinski definition) is 2. The minimum absolute atomic E-state index is 0. The van der Waals surface area contributed by atoms with Crippen molar-refractivity contribution < 1.29 is 9.47 Å². The molecule has 1 unspecified atom stereocenters. The fourth-order valence-corrected chi connectivity index (χ4v) is 2.89. The van der Waals surface area contributed by atoms with Crippen LogP contribution in [0.25, 0.3) is 0 Å². The van der Waals surface area contributed by atoms with E-state index in [9.17, 15) is 0 Å². The number of hydrogen-bond acceptors (Lipinski definition) is 6. The summed E-state index contributed by atoms with van der Waals surface area (Å²) in [5, 5.41) is 4.09. The number of ether oxygens (including phenoxy) is 2. The normalized spacial score (nSPS) is 16.5. The molecule has 1 aliphatic heterocycles. The standard InChI is InChI=1S/C14H17N3O2S.ClH/c1-18-11-3-2-9-4-10(8-19-13(9)5-11)16-6-12-7-17-14(15)20-12;/h2-3,5,7,10,16H,4,6,8H2,1H3,(H2,15,17);1H. The third-order valence-electron chi connectivity index (χ3n) is 3.32. The number of nitrogens with one attached hydrogen (secondary N) is 1. The summed E-state index contributed by atoms with van der Waals surface area (Å²) in [5.41, 5.74) is 6.83. The molecule has 7 heteroatoms. The molecule has 21 heavy (non-hydrogen) atoms. The lowest BCUT2D eigenvalue weighted by atomic mass is 10.0. The molecule has 0 amide bonds. The summed E-state index contributed by atoms with van der Waals surface area (Å²) in [7, 11) is 1.66. The molecule has 3 rings (SSSR count). The van der Waals surface area contributed by atoms with Crippen LogP contribution < -0.4 is 20.5 Å². The number of nitrogen functional groups attached to an aromatic ring is 1. The van der Waals surface area contributed by atoms with Gasteiger partial charge in [0, 0.05) is 29.7 Å². The SMILES string of the molecule is COc1ccc2c(c1)OCC(NCc1cnc(N)s1)C2.Cl. The average Bonchev–Trinajstić information content (AvgIpc) is 2.90. The quantitative estimate of drug-likeness (QED) is 0.901. The van der Waals surface area contributed by atoms with Crippen LogP contribution >= 0.6 is 23.7 Å². The van der Waals surface area contributed by atoms with Gasteiger partial charge in [-0.25, -0.2) is 4.98 Å². The number of halogens is 1. The first kappa shape index (κ1) is 15.9. The van der Waals surface area contributed by atoms with E-state index in [1.807, 2.05) is 18.3 Å². The first-order valence-electron chi connectivity index (χ1n) is 6.48. The zero-order valence-electron chi connectivity index (χ0n) is 11.7. The maximum Gasteiger partial charge on any atom is 0.180 e. The van der Waals surface area contributed by atoms with Crippen molar-refractivity contribution in [1.29, 1.82) is 0 Å². The van der Waals surface area contributed by atoms with Crippen LogP contribution in [0.15, 0.2) is 24.4 Å². The summed E-state index contributed by atoms with van der Waals surface area (Å²) in [4.78, 5) is 5.19. The number of thiazole rings is 1. The summed E-state index contributed by atoms with van der Waals surface area (Å²) in [6.45, 7) is 1.43. The van der Waals surface area contributed by atoms with Gasteiger partial charge in [-0.05, 0) is 18.1 Å². The van der Waals surface area contributed by atoms with Crippen molar-refractivity contribution in [3.8, 4) is 11.5 Å². The Morgan fingerprint density at radius 3 is 3.10 bits per heavy atom. The van der Waals surface area contributed by atoms with Crippen molar-refractivity contribution in [3.63, 3.8) is 0 Å². The number of aromatic nitrogens is 1. The van der Waals surface area contributed by atoms with E-state index in [1.165, 1.54) is 16.9 Å². The van der Waals surface area contributed by atoms with Crippen LogP contribution in [-0.2, 0) is 13.0 Å². The Hall–Kier alpha value is -1.50. The fourth-order valence-electron chi connectivity index (χ4n) is 2.26. The molecular formula is C14H18ClN3O2S. The van der Waals surface area contributed by atoms with Crippen LogP contribution in [0, 0.1) is 0 Å². The summed E-state index contributed by atoms with van der Waals surface area (Å²) >= 11 is 1.51. The summed E-state index contributed by atoms with van der Waals surface area (Å²) < 4.78 is 11.0. The van der Waals surface area contributed by atoms with Gasteiger partial charge in [-0.3, -0.25) is 0 Å². The van der Waals surface area contributed by atoms with Gasteiger partial charge in [0.25, 0.3) is 0 Å². The second-order valence-electron chi connectivity index (χ2n) is 4.73. The lowest BCUT2D eigenvalue weighted by Crippen LogP contribution is -2.38. The number of nitrogens with zero attached hydrogens (tertiary/aromatic N) is 1. The molecule has 0 saturated heterocycles. The zero-order valence-corrected chi connectivity index (χ0v) is 13.3. The molecule has 0 bridgehead atoms. The molecule has 1 aromatic carbocycles. The predicted octanol–water partition coefficient (Wildman–Crippen LogP) is 2.25. The molecule has 2 aromatic rings. The third kappa shape index (κ3) is 3.78. The number of methoxy groups -OCH3 is 1. The molecular weight excluding hydrogens is 310 g/mol. The van der Waals surface area contributed by atoms with E-state index >= 15 is 0 Å². The molecule has 0 saturated carbocycles. The Bertz CT molecular complexity index is 606. The van der Waals surface area contributed by atoms with Crippen molar-refractivity contribution in [3.05, 3.63) is 34.8 Å². The molecule has 1 aromatic heterocycles. The lowest BCUT2D eigenvalue weighted by molar-refractivity contribution is 0.237. The maximum atomic E-state index is 5.79. The summed E-state index contributed by atoms with van der Waals surface area (Å²) in [6.07, 6.45) is 2.77. The van der Waals surface area contributed by atoms with Gasteiger partial charge in [0.1, 0.15) is 18.1 Å². The second kappa shape index (κ2) is 6.98. The fraction of sp³-hybridized carbons (Fsp3) is 0.357. The van der Waals surface area contributed by atoms with Crippen molar-refractivity contribution in [2.45, 2.75) is 19.0 Å². The monoisotopic (exact) mass is 327 g/mol. The molecule has 1 atom stereocenters. The highest BCUT2D eigenvalue weighted by Crippen LogP contribution is 2.29. The highest BCUT2D eigenvalue weighted by molar-refractivity contribution is 7.15. The van der Waals surface area contributed by atoms with Crippen LogP contribution in [0.4, 0.5) is 5.13 Å². The van der Waals surface area contributed by atoms with E-state index in [2.05, 4.69) is 16.4 Å². The highest BCUT2D eigenvalue weighted by Gasteiger charge is 2.20. The van der Waals surface area contributed by atoms with Gasteiger partial charge in [-0.15, -0.1) is 23.7 Å². The van der Waals surface area contributed by atoms with Gasteiger partial charge < -0.3 is 20.5 Å². The lowest BCUT2D eigenvalue weighted by Gasteiger charge is -2.26. The molecule has 0 fully saturated rings. The molecule has 0 spiro atoms. The molecule has 114 valence electrons. The van der Waals surface area contributed by atoms with E-state index in [-0.39, 0.29) is 12.4 Å². The second-order valence-corrected chi connectivity index (χ2v) is 5.88. The Balaban J connectivity index is 0.00000161. The zero-order chi connectivity index (χ0) is 13.9. The summed E-state index contributed by atoms with van der Waals surface area (Å²) in [5.74, 6) is 1.75. The number of nitrogens with two attached hydrogens (primary N) is 1. The number of benzene rings is 1. The third-order valence-corrected chi connectivity index (χ3v) is 4.14. The molecule has 2 heterocycles. The molecule has 5 nitrogen and oxygen atoms in total. The molecule has 0 radical (unpaired) electrons. The Labute approximate surface area is 133 Å². The van der Waals surface area contributed by atoms with E-state index < -0.39 is 0 Å². The minimum Gasteiger partial charge on any atom is -0.497 e. The molecule has 3 N–H and O–H groups in total. The number of fused-ring (bicyclic) bond motifs is 1. The van der Waals surface area contributed by atoms with Crippen molar-refractivity contribution in [2.24, 2.45) is 0 Å². The highest BCUT2D eigenvalue weighted by atomic mass is 35.5. The van der Waals surface area contributed by atoms with Crippen LogP contribution in [-0.4, -0.2) is 24.7 Å². The number of rotatable bonds is 4. The van der Waals surface area contributed by atoms with E-state index in [4.69, 9.17) is 15.2 Å². The van der Waals surface area contributed by atoms with Gasteiger partial charge in [0.05, 0.1) is 7.11 Å². The van der Waals surface area contributed by atoms with Crippen molar-refractivity contribution >= 4 is 28.9 Å². The molecule has 0 aliphatic carbocycles. The van der Waals surface area contributed by atoms with Gasteiger partial charge in [0.2, 0.25) is 0 Å². The van der Waals surface area contributed by atoms with Crippen LogP contribution in [0.1, 0.15) is 10.4 Å². The largest absolute Gasteiger partial charge is 0.497 e. The number of anilines is 1. The van der Waals surface area contributed by atoms with Crippen LogP contribution in [0.3, 0.4) is 0 Å².